The van der Waals surface area contributed by atoms with Gasteiger partial charge in [0.05, 0.1) is 18.0 Å². The zero-order chi connectivity index (χ0) is 21.1. The van der Waals surface area contributed by atoms with Crippen molar-refractivity contribution < 1.29 is 0 Å². The Labute approximate surface area is 170 Å². The summed E-state index contributed by atoms with van der Waals surface area (Å²) in [5.74, 6) is 1.26. The van der Waals surface area contributed by atoms with E-state index in [1.807, 2.05) is 18.9 Å². The molecular formula is C22H36N6. The van der Waals surface area contributed by atoms with Crippen molar-refractivity contribution in [3.05, 3.63) is 60.2 Å². The summed E-state index contributed by atoms with van der Waals surface area (Å²) >= 11 is 0. The quantitative estimate of drug-likeness (QED) is 0.448. The highest BCUT2D eigenvalue weighted by molar-refractivity contribution is 6.00. The first kappa shape index (κ1) is 23.4. The van der Waals surface area contributed by atoms with Gasteiger partial charge in [-0.3, -0.25) is 4.99 Å². The molecule has 0 amide bonds. The molecule has 1 rings (SSSR count). The second-order valence-electron chi connectivity index (χ2n) is 7.12. The third kappa shape index (κ3) is 7.55. The topological polar surface area (TPSA) is 72.3 Å². The molecule has 6 heteroatoms. The minimum absolute atomic E-state index is 0.517. The molecule has 1 aromatic rings. The lowest BCUT2D eigenvalue weighted by atomic mass is 10.1. The van der Waals surface area contributed by atoms with E-state index >= 15 is 0 Å². The molecule has 0 saturated heterocycles. The Bertz CT molecular complexity index is 749. The maximum atomic E-state index is 6.00. The molecule has 2 N–H and O–H groups in total. The monoisotopic (exact) mass is 384 g/mol. The summed E-state index contributed by atoms with van der Waals surface area (Å²) in [5.41, 5.74) is 9.74. The van der Waals surface area contributed by atoms with E-state index < -0.39 is 0 Å². The Balaban J connectivity index is 3.08. The highest BCUT2D eigenvalue weighted by atomic mass is 15.3. The van der Waals surface area contributed by atoms with E-state index in [0.29, 0.717) is 12.5 Å². The lowest BCUT2D eigenvalue weighted by Gasteiger charge is -2.25. The SMILES string of the molecule is C=C(Cn1cnc(C)n1)N(C)C(=CN)C(CCC)=N/C(=C/C=CC(C)C)CC. The lowest BCUT2D eigenvalue weighted by molar-refractivity contribution is 0.481. The van der Waals surface area contributed by atoms with Crippen LogP contribution >= 0.6 is 0 Å². The van der Waals surface area contributed by atoms with Gasteiger partial charge in [-0.05, 0) is 31.8 Å². The van der Waals surface area contributed by atoms with Crippen LogP contribution in [0.15, 0.2) is 59.4 Å². The fourth-order valence-corrected chi connectivity index (χ4v) is 2.60. The first-order valence-corrected chi connectivity index (χ1v) is 9.97. The van der Waals surface area contributed by atoms with E-state index in [1.165, 1.54) is 0 Å². The molecule has 154 valence electrons. The van der Waals surface area contributed by atoms with Gasteiger partial charge < -0.3 is 10.6 Å². The summed E-state index contributed by atoms with van der Waals surface area (Å²) in [6.45, 7) is 15.2. The van der Waals surface area contributed by atoms with E-state index in [0.717, 1.165) is 47.9 Å². The zero-order valence-electron chi connectivity index (χ0n) is 18.3. The molecule has 28 heavy (non-hydrogen) atoms. The molecule has 0 radical (unpaired) electrons. The van der Waals surface area contributed by atoms with Crippen LogP contribution in [0.4, 0.5) is 0 Å². The predicted octanol–water partition coefficient (Wildman–Crippen LogP) is 4.58. The molecule has 0 spiro atoms. The van der Waals surface area contributed by atoms with Crippen LogP contribution in [0.3, 0.4) is 0 Å². The van der Waals surface area contributed by atoms with Gasteiger partial charge in [-0.25, -0.2) is 9.67 Å². The van der Waals surface area contributed by atoms with Crippen molar-refractivity contribution >= 4 is 5.71 Å². The fourth-order valence-electron chi connectivity index (χ4n) is 2.60. The van der Waals surface area contributed by atoms with Crippen molar-refractivity contribution in [2.45, 2.75) is 60.4 Å². The van der Waals surface area contributed by atoms with Gasteiger partial charge in [-0.2, -0.15) is 5.10 Å². The van der Waals surface area contributed by atoms with E-state index in [-0.39, 0.29) is 0 Å². The molecule has 0 aliphatic heterocycles. The number of nitrogens with two attached hydrogens (primary N) is 1. The highest BCUT2D eigenvalue weighted by Gasteiger charge is 2.15. The Kier molecular flexibility index (Phi) is 9.99. The van der Waals surface area contributed by atoms with Gasteiger partial charge in [0.15, 0.2) is 0 Å². The molecule has 0 atom stereocenters. The largest absolute Gasteiger partial charge is 0.403 e. The number of aromatic nitrogens is 3. The number of allylic oxidation sites excluding steroid dienone is 6. The molecule has 1 aromatic heterocycles. The average Bonchev–Trinajstić information content (AvgIpc) is 3.05. The first-order valence-electron chi connectivity index (χ1n) is 9.97. The van der Waals surface area contributed by atoms with Crippen LogP contribution in [0, 0.1) is 12.8 Å². The number of hydrogen-bond acceptors (Lipinski definition) is 5. The fraction of sp³-hybridized carbons (Fsp3) is 0.500. The smallest absolute Gasteiger partial charge is 0.147 e. The number of aliphatic imine (C=N–C) groups is 1. The van der Waals surface area contributed by atoms with Crippen molar-refractivity contribution in [3.63, 3.8) is 0 Å². The molecule has 0 unspecified atom stereocenters. The number of aryl methyl sites for hydroxylation is 1. The molecule has 6 nitrogen and oxygen atoms in total. The molecular weight excluding hydrogens is 348 g/mol. The van der Waals surface area contributed by atoms with Gasteiger partial charge in [-0.1, -0.05) is 52.8 Å². The number of likely N-dealkylation sites (N-methyl/N-ethyl adjacent to an activating group) is 1. The maximum Gasteiger partial charge on any atom is 0.147 e. The van der Waals surface area contributed by atoms with Gasteiger partial charge in [0, 0.05) is 24.6 Å². The van der Waals surface area contributed by atoms with E-state index in [4.69, 9.17) is 10.7 Å². The van der Waals surface area contributed by atoms with Gasteiger partial charge >= 0.3 is 0 Å². The van der Waals surface area contributed by atoms with Crippen molar-refractivity contribution in [3.8, 4) is 0 Å². The third-order valence-corrected chi connectivity index (χ3v) is 4.20. The Morgan fingerprint density at radius 3 is 2.61 bits per heavy atom. The van der Waals surface area contributed by atoms with Gasteiger partial charge in [0.2, 0.25) is 0 Å². The lowest BCUT2D eigenvalue weighted by Crippen LogP contribution is -2.26. The van der Waals surface area contributed by atoms with Crippen molar-refractivity contribution in [1.82, 2.24) is 19.7 Å². The van der Waals surface area contributed by atoms with Crippen molar-refractivity contribution in [2.24, 2.45) is 16.6 Å². The van der Waals surface area contributed by atoms with Crippen LogP contribution < -0.4 is 5.73 Å². The minimum Gasteiger partial charge on any atom is -0.403 e. The maximum absolute atomic E-state index is 6.00. The van der Waals surface area contributed by atoms with E-state index in [1.54, 1.807) is 17.2 Å². The molecule has 0 fully saturated rings. The normalized spacial score (nSPS) is 13.6. The number of hydrogen-bond donors (Lipinski definition) is 1. The van der Waals surface area contributed by atoms with Crippen LogP contribution in [-0.2, 0) is 6.54 Å². The zero-order valence-corrected chi connectivity index (χ0v) is 18.3. The molecule has 0 aliphatic rings. The predicted molar refractivity (Wildman–Crippen MR) is 119 cm³/mol. The first-order chi connectivity index (χ1) is 13.3. The summed E-state index contributed by atoms with van der Waals surface area (Å²) in [7, 11) is 1.96. The Morgan fingerprint density at radius 2 is 2.11 bits per heavy atom. The van der Waals surface area contributed by atoms with E-state index in [2.05, 4.69) is 62.6 Å². The summed E-state index contributed by atoms with van der Waals surface area (Å²) in [4.78, 5) is 11.1. The van der Waals surface area contributed by atoms with Crippen molar-refractivity contribution in [1.29, 1.82) is 0 Å². The third-order valence-electron chi connectivity index (χ3n) is 4.20. The Morgan fingerprint density at radius 1 is 1.39 bits per heavy atom. The Hall–Kier alpha value is -2.63. The van der Waals surface area contributed by atoms with Gasteiger partial charge in [-0.15, -0.1) is 0 Å². The average molecular weight is 385 g/mol. The summed E-state index contributed by atoms with van der Waals surface area (Å²) in [6, 6.07) is 0. The summed E-state index contributed by atoms with van der Waals surface area (Å²) < 4.78 is 1.77. The highest BCUT2D eigenvalue weighted by Crippen LogP contribution is 2.17. The summed E-state index contributed by atoms with van der Waals surface area (Å²) in [5, 5.41) is 4.33. The van der Waals surface area contributed by atoms with Crippen LogP contribution in [-0.4, -0.2) is 32.4 Å². The van der Waals surface area contributed by atoms with Crippen LogP contribution in [0.5, 0.6) is 0 Å². The van der Waals surface area contributed by atoms with Gasteiger partial charge in [0.25, 0.3) is 0 Å². The van der Waals surface area contributed by atoms with E-state index in [9.17, 15) is 0 Å². The summed E-state index contributed by atoms with van der Waals surface area (Å²) in [6.07, 6.45) is 12.3. The van der Waals surface area contributed by atoms with Crippen LogP contribution in [0.1, 0.15) is 52.8 Å². The number of rotatable bonds is 11. The number of nitrogens with zero attached hydrogens (tertiary/aromatic N) is 5. The standard InChI is InChI=1S/C22H36N6/c1-8-11-21(25-20(9-2)13-10-12-17(3)4)22(14-23)27(7)18(5)15-28-16-24-19(6)26-28/h10,12-14,16-17H,5,8-9,11,15,23H2,1-4,6-7H3/b12-10?,20-13+,22-14?,25-21?. The molecule has 0 saturated carbocycles. The van der Waals surface area contributed by atoms with Gasteiger partial charge in [0.1, 0.15) is 12.2 Å². The van der Waals surface area contributed by atoms with Crippen molar-refractivity contribution in [2.75, 3.05) is 7.05 Å². The second kappa shape index (κ2) is 12.0. The molecule has 0 aromatic carbocycles. The minimum atomic E-state index is 0.517. The van der Waals surface area contributed by atoms with Crippen LogP contribution in [0.25, 0.3) is 0 Å². The molecule has 0 bridgehead atoms. The van der Waals surface area contributed by atoms with Crippen LogP contribution in [0.2, 0.25) is 0 Å². The second-order valence-corrected chi connectivity index (χ2v) is 7.12. The molecule has 0 aliphatic carbocycles. The molecule has 1 heterocycles.